The Kier molecular flexibility index (Phi) is 4.01. The number of hydrogen-bond acceptors (Lipinski definition) is 2. The highest BCUT2D eigenvalue weighted by Crippen LogP contribution is 2.33. The maximum absolute atomic E-state index is 14.0. The Bertz CT molecular complexity index is 663. The van der Waals surface area contributed by atoms with Gasteiger partial charge in [0.05, 0.1) is 11.6 Å². The highest BCUT2D eigenvalue weighted by Gasteiger charge is 2.31. The summed E-state index contributed by atoms with van der Waals surface area (Å²) in [5, 5.41) is 0. The summed E-state index contributed by atoms with van der Waals surface area (Å²) in [6.07, 6.45) is 5.26. The Morgan fingerprint density at radius 2 is 2.05 bits per heavy atom. The van der Waals surface area contributed by atoms with E-state index < -0.39 is 5.82 Å². The third-order valence-electron chi connectivity index (χ3n) is 3.77. The van der Waals surface area contributed by atoms with E-state index >= 15 is 0 Å². The number of carbonyl (C=O) groups is 1. The number of aromatic nitrogens is 1. The highest BCUT2D eigenvalue weighted by atomic mass is 79.9. The van der Waals surface area contributed by atoms with Crippen LogP contribution in [0.4, 0.5) is 4.39 Å². The SMILES string of the molecule is O=C(c1ccc(Br)cc1F)N1CCCC1c1ccncc1. The van der Waals surface area contributed by atoms with E-state index in [2.05, 4.69) is 20.9 Å². The van der Waals surface area contributed by atoms with Crippen molar-refractivity contribution in [3.8, 4) is 0 Å². The lowest BCUT2D eigenvalue weighted by atomic mass is 10.1. The van der Waals surface area contributed by atoms with Crippen molar-refractivity contribution in [2.45, 2.75) is 18.9 Å². The number of hydrogen-bond donors (Lipinski definition) is 0. The van der Waals surface area contributed by atoms with Gasteiger partial charge in [0.25, 0.3) is 5.91 Å². The van der Waals surface area contributed by atoms with Crippen LogP contribution in [0.5, 0.6) is 0 Å². The fourth-order valence-corrected chi connectivity index (χ4v) is 3.09. The van der Waals surface area contributed by atoms with E-state index in [-0.39, 0.29) is 17.5 Å². The van der Waals surface area contributed by atoms with Gasteiger partial charge in [0.15, 0.2) is 0 Å². The zero-order valence-electron chi connectivity index (χ0n) is 11.3. The van der Waals surface area contributed by atoms with Gasteiger partial charge >= 0.3 is 0 Å². The number of pyridine rings is 1. The van der Waals surface area contributed by atoms with Crippen LogP contribution in [-0.2, 0) is 0 Å². The van der Waals surface area contributed by atoms with Crippen molar-refractivity contribution in [1.82, 2.24) is 9.88 Å². The number of benzene rings is 1. The van der Waals surface area contributed by atoms with E-state index in [1.807, 2.05) is 12.1 Å². The predicted octanol–water partition coefficient (Wildman–Crippen LogP) is 3.96. The molecule has 1 aromatic heterocycles. The molecule has 1 unspecified atom stereocenters. The second kappa shape index (κ2) is 5.93. The van der Waals surface area contributed by atoms with Gasteiger partial charge in [-0.2, -0.15) is 0 Å². The first-order valence-electron chi connectivity index (χ1n) is 6.83. The van der Waals surface area contributed by atoms with Gasteiger partial charge in [-0.1, -0.05) is 15.9 Å². The fraction of sp³-hybridized carbons (Fsp3) is 0.250. The van der Waals surface area contributed by atoms with Crippen LogP contribution in [0.2, 0.25) is 0 Å². The minimum Gasteiger partial charge on any atom is -0.332 e. The summed E-state index contributed by atoms with van der Waals surface area (Å²) >= 11 is 3.21. The average Bonchev–Trinajstić information content (AvgIpc) is 2.97. The molecule has 1 aliphatic rings. The van der Waals surface area contributed by atoms with Crippen molar-refractivity contribution >= 4 is 21.8 Å². The van der Waals surface area contributed by atoms with Crippen LogP contribution in [0.15, 0.2) is 47.2 Å². The molecule has 1 amide bonds. The van der Waals surface area contributed by atoms with Gasteiger partial charge < -0.3 is 4.90 Å². The first kappa shape index (κ1) is 14.2. The number of rotatable bonds is 2. The number of likely N-dealkylation sites (tertiary alicyclic amines) is 1. The topological polar surface area (TPSA) is 33.2 Å². The molecule has 0 aliphatic carbocycles. The molecule has 3 nitrogen and oxygen atoms in total. The van der Waals surface area contributed by atoms with Crippen molar-refractivity contribution in [1.29, 1.82) is 0 Å². The van der Waals surface area contributed by atoms with Crippen molar-refractivity contribution < 1.29 is 9.18 Å². The Balaban J connectivity index is 1.90. The third kappa shape index (κ3) is 2.83. The molecule has 1 saturated heterocycles. The molecule has 21 heavy (non-hydrogen) atoms. The maximum atomic E-state index is 14.0. The number of halogens is 2. The first-order chi connectivity index (χ1) is 10.2. The monoisotopic (exact) mass is 348 g/mol. The molecule has 0 bridgehead atoms. The zero-order valence-corrected chi connectivity index (χ0v) is 12.9. The van der Waals surface area contributed by atoms with E-state index in [9.17, 15) is 9.18 Å². The summed E-state index contributed by atoms with van der Waals surface area (Å²) in [6.45, 7) is 0.654. The standard InChI is InChI=1S/C16H14BrFN2O/c17-12-3-4-13(14(18)10-12)16(21)20-9-1-2-15(20)11-5-7-19-8-6-11/h3-8,10,15H,1-2,9H2. The molecule has 5 heteroatoms. The summed E-state index contributed by atoms with van der Waals surface area (Å²) in [7, 11) is 0. The van der Waals surface area contributed by atoms with Gasteiger partial charge in [0.1, 0.15) is 5.82 Å². The summed E-state index contributed by atoms with van der Waals surface area (Å²) < 4.78 is 14.6. The van der Waals surface area contributed by atoms with Gasteiger partial charge in [-0.05, 0) is 48.7 Å². The summed E-state index contributed by atoms with van der Waals surface area (Å²) in [5.74, 6) is -0.742. The van der Waals surface area contributed by atoms with E-state index in [0.29, 0.717) is 11.0 Å². The molecular formula is C16H14BrFN2O. The molecule has 0 radical (unpaired) electrons. The molecule has 3 rings (SSSR count). The highest BCUT2D eigenvalue weighted by molar-refractivity contribution is 9.10. The quantitative estimate of drug-likeness (QED) is 0.822. The Morgan fingerprint density at radius 1 is 1.29 bits per heavy atom. The minimum absolute atomic E-state index is 0.00328. The zero-order chi connectivity index (χ0) is 14.8. The Hall–Kier alpha value is -1.75. The van der Waals surface area contributed by atoms with Crippen molar-refractivity contribution in [3.63, 3.8) is 0 Å². The van der Waals surface area contributed by atoms with Crippen LogP contribution in [0.1, 0.15) is 34.8 Å². The Morgan fingerprint density at radius 3 is 2.76 bits per heavy atom. The number of carbonyl (C=O) groups excluding carboxylic acids is 1. The lowest BCUT2D eigenvalue weighted by Crippen LogP contribution is -2.31. The molecule has 1 aromatic carbocycles. The van der Waals surface area contributed by atoms with Gasteiger partial charge in [-0.15, -0.1) is 0 Å². The maximum Gasteiger partial charge on any atom is 0.257 e. The lowest BCUT2D eigenvalue weighted by molar-refractivity contribution is 0.0731. The third-order valence-corrected chi connectivity index (χ3v) is 4.26. The van der Waals surface area contributed by atoms with Crippen LogP contribution >= 0.6 is 15.9 Å². The summed E-state index contributed by atoms with van der Waals surface area (Å²) in [6, 6.07) is 8.37. The molecule has 2 heterocycles. The summed E-state index contributed by atoms with van der Waals surface area (Å²) in [4.78, 5) is 18.4. The Labute approximate surface area is 130 Å². The van der Waals surface area contributed by atoms with Crippen molar-refractivity contribution in [3.05, 3.63) is 64.1 Å². The fourth-order valence-electron chi connectivity index (χ4n) is 2.76. The minimum atomic E-state index is -0.491. The summed E-state index contributed by atoms with van der Waals surface area (Å²) in [5.41, 5.74) is 1.17. The second-order valence-corrected chi connectivity index (χ2v) is 5.98. The van der Waals surface area contributed by atoms with Crippen LogP contribution in [0.25, 0.3) is 0 Å². The molecular weight excluding hydrogens is 335 g/mol. The van der Waals surface area contributed by atoms with E-state index in [1.165, 1.54) is 12.1 Å². The molecule has 108 valence electrons. The van der Waals surface area contributed by atoms with Crippen LogP contribution in [-0.4, -0.2) is 22.3 Å². The molecule has 0 saturated carbocycles. The number of amides is 1. The van der Waals surface area contributed by atoms with Gasteiger partial charge in [0.2, 0.25) is 0 Å². The van der Waals surface area contributed by atoms with Gasteiger partial charge in [0, 0.05) is 23.4 Å². The molecule has 1 aliphatic heterocycles. The molecule has 0 N–H and O–H groups in total. The van der Waals surface area contributed by atoms with Crippen molar-refractivity contribution in [2.24, 2.45) is 0 Å². The molecule has 2 aromatic rings. The van der Waals surface area contributed by atoms with E-state index in [1.54, 1.807) is 23.4 Å². The van der Waals surface area contributed by atoms with Gasteiger partial charge in [-0.25, -0.2) is 4.39 Å². The first-order valence-corrected chi connectivity index (χ1v) is 7.62. The van der Waals surface area contributed by atoms with Crippen LogP contribution in [0, 0.1) is 5.82 Å². The van der Waals surface area contributed by atoms with E-state index in [4.69, 9.17) is 0 Å². The lowest BCUT2D eigenvalue weighted by Gasteiger charge is -2.25. The largest absolute Gasteiger partial charge is 0.332 e. The smallest absolute Gasteiger partial charge is 0.257 e. The predicted molar refractivity (Wildman–Crippen MR) is 81.3 cm³/mol. The van der Waals surface area contributed by atoms with Crippen LogP contribution in [0.3, 0.4) is 0 Å². The normalized spacial score (nSPS) is 18.0. The molecule has 0 spiro atoms. The number of nitrogens with zero attached hydrogens (tertiary/aromatic N) is 2. The molecule has 1 atom stereocenters. The van der Waals surface area contributed by atoms with Gasteiger partial charge in [-0.3, -0.25) is 9.78 Å². The molecule has 1 fully saturated rings. The second-order valence-electron chi connectivity index (χ2n) is 5.06. The van der Waals surface area contributed by atoms with Crippen LogP contribution < -0.4 is 0 Å². The average molecular weight is 349 g/mol. The van der Waals surface area contributed by atoms with Crippen molar-refractivity contribution in [2.75, 3.05) is 6.54 Å². The van der Waals surface area contributed by atoms with E-state index in [0.717, 1.165) is 18.4 Å².